The number of carbonyl (C=O) groups is 1. The van der Waals surface area contributed by atoms with Crippen LogP contribution in [0.5, 0.6) is 0 Å². The molecule has 1 aromatic rings. The van der Waals surface area contributed by atoms with E-state index >= 15 is 0 Å². The molecule has 2 heterocycles. The number of cyclic esters (lactones) is 1. The Kier molecular flexibility index (Phi) is 4.41. The van der Waals surface area contributed by atoms with Crippen LogP contribution in [0.15, 0.2) is 24.3 Å². The second kappa shape index (κ2) is 6.71. The molecule has 1 aromatic carbocycles. The third-order valence-electron chi connectivity index (χ3n) is 5.63. The number of benzene rings is 1. The molecule has 2 saturated heterocycles. The third-order valence-corrected chi connectivity index (χ3v) is 5.78. The number of anilines is 2. The molecule has 134 valence electrons. The quantitative estimate of drug-likeness (QED) is 0.801. The largest absolute Gasteiger partial charge is 0.442 e. The summed E-state index contributed by atoms with van der Waals surface area (Å²) in [6, 6.07) is 8.25. The van der Waals surface area contributed by atoms with Crippen molar-refractivity contribution in [1.82, 2.24) is 5.32 Å². The van der Waals surface area contributed by atoms with Crippen molar-refractivity contribution in [1.29, 1.82) is 0 Å². The molecule has 3 fully saturated rings. The summed E-state index contributed by atoms with van der Waals surface area (Å²) >= 11 is 4.79. The van der Waals surface area contributed by atoms with Crippen LogP contribution in [0.25, 0.3) is 0 Å². The van der Waals surface area contributed by atoms with E-state index in [1.807, 2.05) is 12.1 Å². The van der Waals surface area contributed by atoms with Crippen molar-refractivity contribution in [3.05, 3.63) is 24.3 Å². The normalized spacial score (nSPS) is 28.2. The van der Waals surface area contributed by atoms with Crippen LogP contribution >= 0.6 is 12.2 Å². The minimum Gasteiger partial charge on any atom is -0.442 e. The highest BCUT2D eigenvalue weighted by Gasteiger charge is 2.36. The van der Waals surface area contributed by atoms with E-state index in [0.717, 1.165) is 17.5 Å². The molecule has 6 nitrogen and oxygen atoms in total. The average Bonchev–Trinajstić information content (AvgIpc) is 3.27. The number of fused-ring (bicyclic) bond motifs is 1. The van der Waals surface area contributed by atoms with Crippen LogP contribution in [0.2, 0.25) is 0 Å². The second-order valence-electron chi connectivity index (χ2n) is 7.23. The Morgan fingerprint density at radius 1 is 1.16 bits per heavy atom. The van der Waals surface area contributed by atoms with Crippen molar-refractivity contribution in [2.45, 2.75) is 25.4 Å². The molecule has 2 aliphatic heterocycles. The van der Waals surface area contributed by atoms with Gasteiger partial charge in [0.25, 0.3) is 0 Å². The van der Waals surface area contributed by atoms with Crippen molar-refractivity contribution in [2.24, 2.45) is 17.6 Å². The molecular formula is C18H24N4O2S. The Morgan fingerprint density at radius 3 is 2.44 bits per heavy atom. The number of thiocarbonyl (C=S) groups is 1. The molecule has 2 unspecified atom stereocenters. The van der Waals surface area contributed by atoms with Gasteiger partial charge in [-0.05, 0) is 61.2 Å². The lowest BCUT2D eigenvalue weighted by molar-refractivity contribution is 0.143. The van der Waals surface area contributed by atoms with Crippen molar-refractivity contribution in [3.63, 3.8) is 0 Å². The molecule has 3 aliphatic rings. The van der Waals surface area contributed by atoms with E-state index in [2.05, 4.69) is 22.3 Å². The Labute approximate surface area is 153 Å². The molecule has 0 radical (unpaired) electrons. The summed E-state index contributed by atoms with van der Waals surface area (Å²) in [6.45, 7) is 3.28. The summed E-state index contributed by atoms with van der Waals surface area (Å²) in [7, 11) is 0. The van der Waals surface area contributed by atoms with Gasteiger partial charge in [0.15, 0.2) is 5.11 Å². The minimum absolute atomic E-state index is 0.217. The van der Waals surface area contributed by atoms with Gasteiger partial charge >= 0.3 is 6.09 Å². The van der Waals surface area contributed by atoms with Crippen LogP contribution in [0, 0.1) is 11.8 Å². The van der Waals surface area contributed by atoms with Gasteiger partial charge in [-0.15, -0.1) is 0 Å². The summed E-state index contributed by atoms with van der Waals surface area (Å²) in [5.41, 5.74) is 7.54. The molecule has 0 spiro atoms. The fraction of sp³-hybridized carbons (Fsp3) is 0.556. The molecule has 1 aliphatic carbocycles. The molecule has 0 aromatic heterocycles. The third kappa shape index (κ3) is 3.38. The highest BCUT2D eigenvalue weighted by Crippen LogP contribution is 2.39. The van der Waals surface area contributed by atoms with E-state index in [1.54, 1.807) is 4.90 Å². The van der Waals surface area contributed by atoms with Crippen molar-refractivity contribution in [3.8, 4) is 0 Å². The fourth-order valence-electron chi connectivity index (χ4n) is 4.34. The summed E-state index contributed by atoms with van der Waals surface area (Å²) in [5.74, 6) is 1.74. The first kappa shape index (κ1) is 16.4. The van der Waals surface area contributed by atoms with Crippen molar-refractivity contribution >= 4 is 34.8 Å². The van der Waals surface area contributed by atoms with Gasteiger partial charge in [0.1, 0.15) is 6.10 Å². The summed E-state index contributed by atoms with van der Waals surface area (Å²) < 4.78 is 5.36. The zero-order valence-electron chi connectivity index (χ0n) is 14.2. The lowest BCUT2D eigenvalue weighted by Crippen LogP contribution is -2.37. The maximum absolute atomic E-state index is 12.1. The fourth-order valence-corrected chi connectivity index (χ4v) is 4.43. The van der Waals surface area contributed by atoms with Gasteiger partial charge in [0.05, 0.1) is 13.1 Å². The molecule has 3 atom stereocenters. The number of hydrogen-bond acceptors (Lipinski definition) is 4. The minimum atomic E-state index is -0.321. The SMILES string of the molecule is NC(=S)NC[C@H]1CN(c2ccc(N3CC4CCCC4C3)cc2)C(=O)O1. The smallest absolute Gasteiger partial charge is 0.414 e. The van der Waals surface area contributed by atoms with Gasteiger partial charge in [-0.1, -0.05) is 6.42 Å². The zero-order valence-corrected chi connectivity index (χ0v) is 15.0. The van der Waals surface area contributed by atoms with Gasteiger partial charge in [0, 0.05) is 24.5 Å². The summed E-state index contributed by atoms with van der Waals surface area (Å²) in [6.07, 6.45) is 3.58. The topological polar surface area (TPSA) is 70.8 Å². The Hall–Kier alpha value is -2.02. The van der Waals surface area contributed by atoms with E-state index in [9.17, 15) is 4.79 Å². The first-order valence-electron chi connectivity index (χ1n) is 8.96. The van der Waals surface area contributed by atoms with Gasteiger partial charge in [-0.3, -0.25) is 4.90 Å². The van der Waals surface area contributed by atoms with Crippen molar-refractivity contribution in [2.75, 3.05) is 36.0 Å². The van der Waals surface area contributed by atoms with Gasteiger partial charge < -0.3 is 20.7 Å². The maximum atomic E-state index is 12.1. The number of rotatable bonds is 4. The molecule has 0 bridgehead atoms. The predicted octanol–water partition coefficient (Wildman–Crippen LogP) is 2.08. The lowest BCUT2D eigenvalue weighted by Gasteiger charge is -2.21. The average molecular weight is 360 g/mol. The first-order chi connectivity index (χ1) is 12.1. The zero-order chi connectivity index (χ0) is 17.4. The number of nitrogens with zero attached hydrogens (tertiary/aromatic N) is 2. The first-order valence-corrected chi connectivity index (χ1v) is 9.37. The van der Waals surface area contributed by atoms with Gasteiger partial charge in [-0.25, -0.2) is 4.79 Å². The molecule has 1 amide bonds. The van der Waals surface area contributed by atoms with Crippen LogP contribution in [-0.4, -0.2) is 43.5 Å². The number of nitrogens with one attached hydrogen (secondary N) is 1. The lowest BCUT2D eigenvalue weighted by atomic mass is 10.0. The van der Waals surface area contributed by atoms with Crippen LogP contribution < -0.4 is 20.9 Å². The standard InChI is InChI=1S/C18H24N4O2S/c19-17(25)20-8-16-11-22(18(23)24-16)15-6-4-14(5-7-15)21-9-12-2-1-3-13(12)10-21/h4-7,12-13,16H,1-3,8-11H2,(H3,19,20,25)/t12?,13?,16-/m0/s1. The van der Waals surface area contributed by atoms with E-state index in [-0.39, 0.29) is 17.3 Å². The van der Waals surface area contributed by atoms with Crippen LogP contribution in [0.3, 0.4) is 0 Å². The van der Waals surface area contributed by atoms with Crippen molar-refractivity contribution < 1.29 is 9.53 Å². The number of nitrogens with two attached hydrogens (primary N) is 1. The molecule has 3 N–H and O–H groups in total. The summed E-state index contributed by atoms with van der Waals surface area (Å²) in [5, 5.41) is 3.06. The van der Waals surface area contributed by atoms with Gasteiger partial charge in [0.2, 0.25) is 0 Å². The highest BCUT2D eigenvalue weighted by atomic mass is 32.1. The molecule has 25 heavy (non-hydrogen) atoms. The number of ether oxygens (including phenoxy) is 1. The monoisotopic (exact) mass is 360 g/mol. The van der Waals surface area contributed by atoms with Gasteiger partial charge in [-0.2, -0.15) is 0 Å². The molecule has 4 rings (SSSR count). The number of carbonyl (C=O) groups excluding carboxylic acids is 1. The van der Waals surface area contributed by atoms with Crippen LogP contribution in [0.4, 0.5) is 16.2 Å². The molecule has 1 saturated carbocycles. The Bertz CT molecular complexity index is 654. The number of hydrogen-bond donors (Lipinski definition) is 2. The van der Waals surface area contributed by atoms with E-state index in [1.165, 1.54) is 38.0 Å². The van der Waals surface area contributed by atoms with E-state index in [0.29, 0.717) is 13.1 Å². The highest BCUT2D eigenvalue weighted by molar-refractivity contribution is 7.80. The molecule has 7 heteroatoms. The molecular weight excluding hydrogens is 336 g/mol. The Morgan fingerprint density at radius 2 is 1.80 bits per heavy atom. The van der Waals surface area contributed by atoms with E-state index < -0.39 is 0 Å². The maximum Gasteiger partial charge on any atom is 0.414 e. The summed E-state index contributed by atoms with van der Waals surface area (Å²) in [4.78, 5) is 16.2. The van der Waals surface area contributed by atoms with E-state index in [4.69, 9.17) is 22.7 Å². The predicted molar refractivity (Wildman–Crippen MR) is 102 cm³/mol. The number of amides is 1. The van der Waals surface area contributed by atoms with Crippen LogP contribution in [-0.2, 0) is 4.74 Å². The van der Waals surface area contributed by atoms with Crippen LogP contribution in [0.1, 0.15) is 19.3 Å². The second-order valence-corrected chi connectivity index (χ2v) is 7.67. The Balaban J connectivity index is 1.39.